The number of rotatable bonds is 8. The van der Waals surface area contributed by atoms with Crippen molar-refractivity contribution in [3.05, 3.63) is 95.3 Å². The lowest BCUT2D eigenvalue weighted by Crippen LogP contribution is -2.36. The van der Waals surface area contributed by atoms with Gasteiger partial charge in [-0.2, -0.15) is 5.10 Å². The van der Waals surface area contributed by atoms with Gasteiger partial charge in [0, 0.05) is 43.2 Å². The lowest BCUT2D eigenvalue weighted by molar-refractivity contribution is 0.0951. The van der Waals surface area contributed by atoms with Crippen molar-refractivity contribution in [1.82, 2.24) is 24.6 Å². The molecule has 2 heterocycles. The molecule has 2 aromatic heterocycles. The lowest BCUT2D eigenvalue weighted by atomic mass is 9.95. The molecular formula is C25H25N5O2. The van der Waals surface area contributed by atoms with Crippen LogP contribution < -0.4 is 10.9 Å². The Hall–Kier alpha value is -4.00. The largest absolute Gasteiger partial charge is 0.352 e. The molecule has 4 rings (SSSR count). The van der Waals surface area contributed by atoms with Gasteiger partial charge in [-0.25, -0.2) is 9.67 Å². The van der Waals surface area contributed by atoms with Crippen LogP contribution in [0.25, 0.3) is 22.4 Å². The molecule has 0 unspecified atom stereocenters. The summed E-state index contributed by atoms with van der Waals surface area (Å²) in [5.41, 5.74) is 2.53. The number of nitrogens with one attached hydrogen (secondary N) is 1. The summed E-state index contributed by atoms with van der Waals surface area (Å²) in [5, 5.41) is 7.55. The zero-order valence-electron chi connectivity index (χ0n) is 17.9. The van der Waals surface area contributed by atoms with Crippen molar-refractivity contribution in [3.63, 3.8) is 0 Å². The summed E-state index contributed by atoms with van der Waals surface area (Å²) in [7, 11) is 0. The Morgan fingerprint density at radius 1 is 1.00 bits per heavy atom. The second-order valence-corrected chi connectivity index (χ2v) is 7.36. The molecule has 0 saturated carbocycles. The molecule has 0 atom stereocenters. The molecule has 0 bridgehead atoms. The van der Waals surface area contributed by atoms with E-state index in [1.807, 2.05) is 78.4 Å². The van der Waals surface area contributed by atoms with Crippen molar-refractivity contribution < 1.29 is 4.79 Å². The fraction of sp³-hybridized carbons (Fsp3) is 0.200. The predicted octanol–water partition coefficient (Wildman–Crippen LogP) is 3.61. The quantitative estimate of drug-likeness (QED) is 0.436. The maximum Gasteiger partial charge on any atom is 0.280 e. The molecule has 1 amide bonds. The number of carbonyl (C=O) groups excluding carboxylic acids is 1. The second-order valence-electron chi connectivity index (χ2n) is 7.36. The minimum atomic E-state index is -0.391. The highest BCUT2D eigenvalue weighted by Gasteiger charge is 2.24. The van der Waals surface area contributed by atoms with Gasteiger partial charge in [-0.3, -0.25) is 9.59 Å². The van der Waals surface area contributed by atoms with E-state index >= 15 is 0 Å². The first-order valence-electron chi connectivity index (χ1n) is 10.7. The van der Waals surface area contributed by atoms with E-state index in [2.05, 4.69) is 15.4 Å². The molecule has 32 heavy (non-hydrogen) atoms. The summed E-state index contributed by atoms with van der Waals surface area (Å²) in [6.07, 6.45) is 6.07. The van der Waals surface area contributed by atoms with Crippen molar-refractivity contribution in [2.75, 3.05) is 6.54 Å². The predicted molar refractivity (Wildman–Crippen MR) is 124 cm³/mol. The van der Waals surface area contributed by atoms with E-state index in [0.29, 0.717) is 24.3 Å². The van der Waals surface area contributed by atoms with Crippen LogP contribution in [0.3, 0.4) is 0 Å². The molecule has 1 N–H and O–H groups in total. The van der Waals surface area contributed by atoms with E-state index in [9.17, 15) is 9.59 Å². The fourth-order valence-corrected chi connectivity index (χ4v) is 3.65. The molecule has 2 aromatic carbocycles. The van der Waals surface area contributed by atoms with Gasteiger partial charge in [0.2, 0.25) is 0 Å². The van der Waals surface area contributed by atoms with Gasteiger partial charge >= 0.3 is 0 Å². The number of hydrogen-bond acceptors (Lipinski definition) is 4. The Kier molecular flexibility index (Phi) is 6.55. The third-order valence-electron chi connectivity index (χ3n) is 5.23. The molecule has 7 nitrogen and oxygen atoms in total. The minimum absolute atomic E-state index is 0.120. The zero-order valence-corrected chi connectivity index (χ0v) is 17.9. The topological polar surface area (TPSA) is 81.8 Å². The third kappa shape index (κ3) is 4.51. The van der Waals surface area contributed by atoms with Gasteiger partial charge in [0.05, 0.1) is 12.0 Å². The molecule has 7 heteroatoms. The van der Waals surface area contributed by atoms with Gasteiger partial charge in [-0.1, -0.05) is 60.7 Å². The van der Waals surface area contributed by atoms with E-state index in [-0.39, 0.29) is 11.5 Å². The molecule has 0 fully saturated rings. The summed E-state index contributed by atoms with van der Waals surface area (Å²) in [6, 6.07) is 19.1. The lowest BCUT2D eigenvalue weighted by Gasteiger charge is -2.17. The summed E-state index contributed by atoms with van der Waals surface area (Å²) >= 11 is 0. The number of hydrogen-bond donors (Lipinski definition) is 1. The van der Waals surface area contributed by atoms with Crippen LogP contribution >= 0.6 is 0 Å². The van der Waals surface area contributed by atoms with E-state index in [1.54, 1.807) is 12.5 Å². The highest BCUT2D eigenvalue weighted by Crippen LogP contribution is 2.31. The van der Waals surface area contributed by atoms with Crippen LogP contribution in [0.4, 0.5) is 0 Å². The number of amides is 1. The Morgan fingerprint density at radius 2 is 1.69 bits per heavy atom. The van der Waals surface area contributed by atoms with Crippen LogP contribution in [0.2, 0.25) is 0 Å². The summed E-state index contributed by atoms with van der Waals surface area (Å²) < 4.78 is 3.31. The average Bonchev–Trinajstić information content (AvgIpc) is 3.36. The van der Waals surface area contributed by atoms with Crippen LogP contribution in [0, 0.1) is 0 Å². The van der Waals surface area contributed by atoms with Crippen LogP contribution in [0.5, 0.6) is 0 Å². The van der Waals surface area contributed by atoms with Crippen LogP contribution in [0.1, 0.15) is 23.7 Å². The average molecular weight is 428 g/mol. The first-order chi connectivity index (χ1) is 15.7. The molecule has 0 spiro atoms. The SMILES string of the molecule is CCn1nc(-c2ccccc2)c(-c2ccccc2)c(C(=O)NCCCn2ccnc2)c1=O. The van der Waals surface area contributed by atoms with Crippen molar-refractivity contribution in [2.45, 2.75) is 26.4 Å². The molecule has 0 saturated heterocycles. The molecule has 0 radical (unpaired) electrons. The van der Waals surface area contributed by atoms with Gasteiger partial charge in [0.15, 0.2) is 0 Å². The summed E-state index contributed by atoms with van der Waals surface area (Å²) in [4.78, 5) is 30.6. The Labute approximate surface area is 186 Å². The molecule has 0 aliphatic heterocycles. The first-order valence-corrected chi connectivity index (χ1v) is 10.7. The van der Waals surface area contributed by atoms with E-state index in [1.165, 1.54) is 4.68 Å². The van der Waals surface area contributed by atoms with E-state index in [0.717, 1.165) is 24.1 Å². The van der Waals surface area contributed by atoms with Crippen molar-refractivity contribution in [3.8, 4) is 22.4 Å². The molecule has 4 aromatic rings. The maximum atomic E-state index is 13.3. The Balaban J connectivity index is 1.75. The standard InChI is InChI=1S/C25H25N5O2/c1-2-30-25(32)22(24(31)27-14-9-16-29-17-15-26-18-29)21(19-10-5-3-6-11-19)23(28-30)20-12-7-4-8-13-20/h3-8,10-13,15,17-18H,2,9,14,16H2,1H3,(H,27,31). The molecular weight excluding hydrogens is 402 g/mol. The number of imidazole rings is 1. The Bertz CT molecular complexity index is 1230. The molecule has 162 valence electrons. The van der Waals surface area contributed by atoms with Crippen LogP contribution in [-0.2, 0) is 13.1 Å². The highest BCUT2D eigenvalue weighted by atomic mass is 16.2. The Morgan fingerprint density at radius 3 is 2.31 bits per heavy atom. The number of aryl methyl sites for hydroxylation is 2. The van der Waals surface area contributed by atoms with Crippen molar-refractivity contribution in [2.24, 2.45) is 0 Å². The van der Waals surface area contributed by atoms with Crippen LogP contribution in [-0.4, -0.2) is 31.8 Å². The van der Waals surface area contributed by atoms with Crippen LogP contribution in [0.15, 0.2) is 84.2 Å². The fourth-order valence-electron chi connectivity index (χ4n) is 3.65. The first kappa shape index (κ1) is 21.2. The maximum absolute atomic E-state index is 13.3. The second kappa shape index (κ2) is 9.87. The minimum Gasteiger partial charge on any atom is -0.352 e. The summed E-state index contributed by atoms with van der Waals surface area (Å²) in [5.74, 6) is -0.388. The number of benzene rings is 2. The van der Waals surface area contributed by atoms with Crippen molar-refractivity contribution >= 4 is 5.91 Å². The number of nitrogens with zero attached hydrogens (tertiary/aromatic N) is 4. The van der Waals surface area contributed by atoms with Gasteiger partial charge in [0.25, 0.3) is 11.5 Å². The number of aromatic nitrogens is 4. The highest BCUT2D eigenvalue weighted by molar-refractivity contribution is 6.03. The monoisotopic (exact) mass is 427 g/mol. The normalized spacial score (nSPS) is 10.8. The van der Waals surface area contributed by atoms with Gasteiger partial charge in [0.1, 0.15) is 5.56 Å². The molecule has 0 aliphatic carbocycles. The molecule has 0 aliphatic rings. The van der Waals surface area contributed by atoms with Gasteiger partial charge < -0.3 is 9.88 Å². The number of carbonyl (C=O) groups is 1. The smallest absolute Gasteiger partial charge is 0.280 e. The summed E-state index contributed by atoms with van der Waals surface area (Å²) in [6.45, 7) is 3.39. The van der Waals surface area contributed by atoms with Gasteiger partial charge in [-0.05, 0) is 18.9 Å². The van der Waals surface area contributed by atoms with E-state index in [4.69, 9.17) is 0 Å². The zero-order chi connectivity index (χ0) is 22.3. The third-order valence-corrected chi connectivity index (χ3v) is 5.23. The van der Waals surface area contributed by atoms with Crippen molar-refractivity contribution in [1.29, 1.82) is 0 Å². The van der Waals surface area contributed by atoms with E-state index < -0.39 is 5.56 Å². The van der Waals surface area contributed by atoms with Gasteiger partial charge in [-0.15, -0.1) is 0 Å².